The van der Waals surface area contributed by atoms with Crippen molar-refractivity contribution in [1.29, 1.82) is 0 Å². The van der Waals surface area contributed by atoms with Gasteiger partial charge in [-0.1, -0.05) is 0 Å². The molecule has 1 N–H and O–H groups in total. The summed E-state index contributed by atoms with van der Waals surface area (Å²) in [7, 11) is 0. The molecule has 0 fully saturated rings. The molecule has 0 atom stereocenters. The first kappa shape index (κ1) is 6.91. The molecule has 2 aromatic heterocycles. The highest BCUT2D eigenvalue weighted by molar-refractivity contribution is 5.50. The van der Waals surface area contributed by atoms with Crippen molar-refractivity contribution >= 4 is 0 Å². The Labute approximate surface area is 68.7 Å². The minimum atomic E-state index is -0.0276. The standard InChI is InChI=1S/C9H7NO2/c11-7-3-4-10-8(6-7)9-2-1-5-12-9/h1-6H,(H,10,11). The van der Waals surface area contributed by atoms with Crippen LogP contribution in [0, 0.1) is 0 Å². The third-order valence-electron chi connectivity index (χ3n) is 1.56. The minimum absolute atomic E-state index is 0.0276. The van der Waals surface area contributed by atoms with Crippen LogP contribution in [0.5, 0.6) is 0 Å². The molecule has 0 aliphatic carbocycles. The summed E-state index contributed by atoms with van der Waals surface area (Å²) < 4.78 is 5.10. The highest BCUT2D eigenvalue weighted by Gasteiger charge is 1.99. The summed E-state index contributed by atoms with van der Waals surface area (Å²) in [6.45, 7) is 0. The molecule has 2 heterocycles. The van der Waals surface area contributed by atoms with Gasteiger partial charge in [0, 0.05) is 18.3 Å². The number of nitrogens with one attached hydrogen (secondary N) is 1. The first-order valence-electron chi connectivity index (χ1n) is 3.59. The van der Waals surface area contributed by atoms with Gasteiger partial charge in [0.25, 0.3) is 0 Å². The second-order valence-corrected chi connectivity index (χ2v) is 2.42. The van der Waals surface area contributed by atoms with Gasteiger partial charge in [-0.25, -0.2) is 0 Å². The molecule has 3 heteroatoms. The van der Waals surface area contributed by atoms with E-state index in [1.54, 1.807) is 24.6 Å². The van der Waals surface area contributed by atoms with Crippen LogP contribution in [0.1, 0.15) is 0 Å². The maximum Gasteiger partial charge on any atom is 0.182 e. The monoisotopic (exact) mass is 161 g/mol. The van der Waals surface area contributed by atoms with Crippen LogP contribution < -0.4 is 5.43 Å². The van der Waals surface area contributed by atoms with Crippen LogP contribution in [0.2, 0.25) is 0 Å². The Morgan fingerprint density at radius 2 is 2.25 bits per heavy atom. The maximum absolute atomic E-state index is 10.9. The number of hydrogen-bond acceptors (Lipinski definition) is 2. The second-order valence-electron chi connectivity index (χ2n) is 2.42. The zero-order valence-corrected chi connectivity index (χ0v) is 6.28. The summed E-state index contributed by atoms with van der Waals surface area (Å²) in [5, 5.41) is 0. The quantitative estimate of drug-likeness (QED) is 0.691. The van der Waals surface area contributed by atoms with E-state index < -0.39 is 0 Å². The average Bonchev–Trinajstić information content (AvgIpc) is 2.56. The molecule has 0 bridgehead atoms. The normalized spacial score (nSPS) is 10.0. The lowest BCUT2D eigenvalue weighted by atomic mass is 10.3. The molecule has 0 radical (unpaired) electrons. The van der Waals surface area contributed by atoms with Crippen molar-refractivity contribution in [3.63, 3.8) is 0 Å². The van der Waals surface area contributed by atoms with Crippen molar-refractivity contribution in [3.8, 4) is 11.5 Å². The lowest BCUT2D eigenvalue weighted by Gasteiger charge is -1.93. The Bertz CT molecular complexity index is 414. The molecular formula is C9H7NO2. The molecule has 0 aliphatic heterocycles. The molecule has 12 heavy (non-hydrogen) atoms. The van der Waals surface area contributed by atoms with Crippen LogP contribution in [-0.4, -0.2) is 4.98 Å². The molecule has 0 aliphatic rings. The third-order valence-corrected chi connectivity index (χ3v) is 1.56. The zero-order valence-electron chi connectivity index (χ0n) is 6.28. The summed E-state index contributed by atoms with van der Waals surface area (Å²) in [6, 6.07) is 6.54. The predicted octanol–water partition coefficient (Wildman–Crippen LogP) is 1.63. The van der Waals surface area contributed by atoms with E-state index in [0.29, 0.717) is 11.5 Å². The van der Waals surface area contributed by atoms with Crippen molar-refractivity contribution in [2.75, 3.05) is 0 Å². The van der Waals surface area contributed by atoms with Gasteiger partial charge in [-0.2, -0.15) is 0 Å². The van der Waals surface area contributed by atoms with Crippen LogP contribution in [0.25, 0.3) is 11.5 Å². The largest absolute Gasteiger partial charge is 0.463 e. The lowest BCUT2D eigenvalue weighted by Crippen LogP contribution is -1.97. The van der Waals surface area contributed by atoms with Crippen molar-refractivity contribution in [3.05, 3.63) is 46.9 Å². The fourth-order valence-corrected chi connectivity index (χ4v) is 1.02. The van der Waals surface area contributed by atoms with Gasteiger partial charge in [0.15, 0.2) is 5.43 Å². The summed E-state index contributed by atoms with van der Waals surface area (Å²) >= 11 is 0. The van der Waals surface area contributed by atoms with Crippen LogP contribution in [0.15, 0.2) is 45.9 Å². The molecule has 0 aromatic carbocycles. The van der Waals surface area contributed by atoms with E-state index in [9.17, 15) is 4.79 Å². The van der Waals surface area contributed by atoms with Gasteiger partial charge >= 0.3 is 0 Å². The van der Waals surface area contributed by atoms with Gasteiger partial charge in [-0.3, -0.25) is 4.79 Å². The molecule has 0 saturated heterocycles. The number of furan rings is 1. The van der Waals surface area contributed by atoms with E-state index in [1.807, 2.05) is 0 Å². The molecule has 60 valence electrons. The molecule has 3 nitrogen and oxygen atoms in total. The molecule has 2 rings (SSSR count). The zero-order chi connectivity index (χ0) is 8.39. The molecule has 0 saturated carbocycles. The molecule has 0 unspecified atom stereocenters. The van der Waals surface area contributed by atoms with E-state index in [-0.39, 0.29) is 5.43 Å². The van der Waals surface area contributed by atoms with E-state index >= 15 is 0 Å². The molecule has 2 aromatic rings. The Morgan fingerprint density at radius 3 is 2.92 bits per heavy atom. The predicted molar refractivity (Wildman–Crippen MR) is 44.8 cm³/mol. The van der Waals surface area contributed by atoms with Gasteiger partial charge in [0.2, 0.25) is 0 Å². The second kappa shape index (κ2) is 2.70. The number of H-pyrrole nitrogens is 1. The topological polar surface area (TPSA) is 46.0 Å². The average molecular weight is 161 g/mol. The Morgan fingerprint density at radius 1 is 1.33 bits per heavy atom. The van der Waals surface area contributed by atoms with Gasteiger partial charge in [0.1, 0.15) is 5.76 Å². The number of rotatable bonds is 1. The maximum atomic E-state index is 10.9. The number of hydrogen-bond donors (Lipinski definition) is 1. The highest BCUT2D eigenvalue weighted by atomic mass is 16.3. The van der Waals surface area contributed by atoms with Crippen LogP contribution >= 0.6 is 0 Å². The van der Waals surface area contributed by atoms with Crippen LogP contribution in [0.3, 0.4) is 0 Å². The van der Waals surface area contributed by atoms with E-state index in [0.717, 1.165) is 0 Å². The third kappa shape index (κ3) is 1.16. The highest BCUT2D eigenvalue weighted by Crippen LogP contribution is 2.13. The Kier molecular flexibility index (Phi) is 1.55. The SMILES string of the molecule is O=c1cc[nH]c(-c2ccco2)c1. The Balaban J connectivity index is 2.55. The minimum Gasteiger partial charge on any atom is -0.463 e. The first-order valence-corrected chi connectivity index (χ1v) is 3.59. The lowest BCUT2D eigenvalue weighted by molar-refractivity contribution is 0.580. The van der Waals surface area contributed by atoms with Crippen LogP contribution in [-0.2, 0) is 0 Å². The van der Waals surface area contributed by atoms with Gasteiger partial charge in [0.05, 0.1) is 12.0 Å². The van der Waals surface area contributed by atoms with Gasteiger partial charge in [-0.15, -0.1) is 0 Å². The van der Waals surface area contributed by atoms with Crippen molar-refractivity contribution in [1.82, 2.24) is 4.98 Å². The van der Waals surface area contributed by atoms with Gasteiger partial charge in [-0.05, 0) is 12.1 Å². The fourth-order valence-electron chi connectivity index (χ4n) is 1.02. The van der Waals surface area contributed by atoms with Crippen molar-refractivity contribution in [2.24, 2.45) is 0 Å². The first-order chi connectivity index (χ1) is 5.86. The summed E-state index contributed by atoms with van der Waals surface area (Å²) in [4.78, 5) is 13.8. The molecule has 0 spiro atoms. The van der Waals surface area contributed by atoms with E-state index in [4.69, 9.17) is 4.42 Å². The van der Waals surface area contributed by atoms with Crippen molar-refractivity contribution in [2.45, 2.75) is 0 Å². The van der Waals surface area contributed by atoms with E-state index in [2.05, 4.69) is 4.98 Å². The number of aromatic amines is 1. The summed E-state index contributed by atoms with van der Waals surface area (Å²) in [5.41, 5.74) is 0.674. The number of pyridine rings is 1. The van der Waals surface area contributed by atoms with Crippen LogP contribution in [0.4, 0.5) is 0 Å². The smallest absolute Gasteiger partial charge is 0.182 e. The summed E-state index contributed by atoms with van der Waals surface area (Å²) in [6.07, 6.45) is 3.17. The molecular weight excluding hydrogens is 154 g/mol. The Hall–Kier alpha value is -1.77. The van der Waals surface area contributed by atoms with E-state index in [1.165, 1.54) is 12.1 Å². The van der Waals surface area contributed by atoms with Gasteiger partial charge < -0.3 is 9.40 Å². The molecule has 0 amide bonds. The number of aromatic nitrogens is 1. The summed E-state index contributed by atoms with van der Waals surface area (Å²) in [5.74, 6) is 0.674. The van der Waals surface area contributed by atoms with Crippen molar-refractivity contribution < 1.29 is 4.42 Å². The fraction of sp³-hybridized carbons (Fsp3) is 0.